The summed E-state index contributed by atoms with van der Waals surface area (Å²) in [5.74, 6) is 1.13. The lowest BCUT2D eigenvalue weighted by molar-refractivity contribution is 0.394. The van der Waals surface area contributed by atoms with E-state index in [1.807, 2.05) is 6.92 Å². The summed E-state index contributed by atoms with van der Waals surface area (Å²) in [5.41, 5.74) is 0.871. The molecule has 0 aliphatic rings. The molecule has 0 radical (unpaired) electrons. The van der Waals surface area contributed by atoms with Crippen molar-refractivity contribution in [1.82, 2.24) is 5.32 Å². The minimum atomic E-state index is -0.224. The number of hydrogen-bond donors (Lipinski definition) is 1. The summed E-state index contributed by atoms with van der Waals surface area (Å²) in [6.45, 7) is 7.32. The van der Waals surface area contributed by atoms with Gasteiger partial charge in [0.05, 0.1) is 7.11 Å². The second-order valence-electron chi connectivity index (χ2n) is 4.53. The molecule has 1 rings (SSSR count). The zero-order chi connectivity index (χ0) is 12.8. The molecule has 2 atom stereocenters. The summed E-state index contributed by atoms with van der Waals surface area (Å²) < 4.78 is 18.5. The summed E-state index contributed by atoms with van der Waals surface area (Å²) in [4.78, 5) is 0. The number of nitrogens with one attached hydrogen (secondary N) is 1. The van der Waals surface area contributed by atoms with Crippen molar-refractivity contribution in [2.45, 2.75) is 33.2 Å². The molecular formula is C14H22FNO. The molecule has 2 unspecified atom stereocenters. The second kappa shape index (κ2) is 6.60. The van der Waals surface area contributed by atoms with Crippen molar-refractivity contribution < 1.29 is 9.13 Å². The van der Waals surface area contributed by atoms with E-state index in [-0.39, 0.29) is 11.9 Å². The normalized spacial score (nSPS) is 14.4. The van der Waals surface area contributed by atoms with Crippen molar-refractivity contribution >= 4 is 0 Å². The Balaban J connectivity index is 2.73. The smallest absolute Gasteiger partial charge is 0.123 e. The maximum absolute atomic E-state index is 13.2. The van der Waals surface area contributed by atoms with Gasteiger partial charge in [-0.2, -0.15) is 0 Å². The molecule has 0 fully saturated rings. The van der Waals surface area contributed by atoms with Crippen LogP contribution in [0, 0.1) is 11.7 Å². The minimum absolute atomic E-state index is 0.0923. The Kier molecular flexibility index (Phi) is 5.42. The van der Waals surface area contributed by atoms with Gasteiger partial charge in [0.25, 0.3) is 0 Å². The minimum Gasteiger partial charge on any atom is -0.496 e. The van der Waals surface area contributed by atoms with Crippen molar-refractivity contribution in [3.8, 4) is 5.75 Å². The van der Waals surface area contributed by atoms with Crippen molar-refractivity contribution in [3.63, 3.8) is 0 Å². The Morgan fingerprint density at radius 1 is 1.35 bits per heavy atom. The maximum Gasteiger partial charge on any atom is 0.123 e. The molecule has 0 aromatic heterocycles. The van der Waals surface area contributed by atoms with Crippen LogP contribution in [0.25, 0.3) is 0 Å². The first kappa shape index (κ1) is 14.0. The largest absolute Gasteiger partial charge is 0.496 e. The molecule has 1 aromatic carbocycles. The summed E-state index contributed by atoms with van der Waals surface area (Å²) in [6, 6.07) is 4.72. The molecule has 3 heteroatoms. The van der Waals surface area contributed by atoms with Crippen LogP contribution in [0.15, 0.2) is 18.2 Å². The lowest BCUT2D eigenvalue weighted by Gasteiger charge is -2.19. The summed E-state index contributed by atoms with van der Waals surface area (Å²) in [5, 5.41) is 3.40. The molecule has 0 saturated carbocycles. The van der Waals surface area contributed by atoms with Gasteiger partial charge < -0.3 is 10.1 Å². The van der Waals surface area contributed by atoms with Gasteiger partial charge in [-0.15, -0.1) is 0 Å². The maximum atomic E-state index is 13.2. The first-order valence-corrected chi connectivity index (χ1v) is 6.15. The third-order valence-corrected chi connectivity index (χ3v) is 3.13. The average molecular weight is 239 g/mol. The van der Waals surface area contributed by atoms with Crippen LogP contribution in [0.3, 0.4) is 0 Å². The highest BCUT2D eigenvalue weighted by Crippen LogP contribution is 2.25. The quantitative estimate of drug-likeness (QED) is 0.820. The molecular weight excluding hydrogens is 217 g/mol. The van der Waals surface area contributed by atoms with Gasteiger partial charge in [0.15, 0.2) is 0 Å². The van der Waals surface area contributed by atoms with Crippen LogP contribution in [0.4, 0.5) is 4.39 Å². The SMILES string of the molecule is CCC(C)CNC(C)c1cc(F)ccc1OC. The molecule has 0 aliphatic heterocycles. The van der Waals surface area contributed by atoms with E-state index in [0.717, 1.165) is 24.3 Å². The first-order valence-electron chi connectivity index (χ1n) is 6.15. The van der Waals surface area contributed by atoms with Crippen LogP contribution in [0.1, 0.15) is 38.8 Å². The number of rotatable bonds is 6. The summed E-state index contributed by atoms with van der Waals surface area (Å²) in [6.07, 6.45) is 1.14. The highest BCUT2D eigenvalue weighted by molar-refractivity contribution is 5.36. The van der Waals surface area contributed by atoms with E-state index in [9.17, 15) is 4.39 Å². The third kappa shape index (κ3) is 4.00. The van der Waals surface area contributed by atoms with E-state index in [1.54, 1.807) is 13.2 Å². The van der Waals surface area contributed by atoms with E-state index < -0.39 is 0 Å². The zero-order valence-electron chi connectivity index (χ0n) is 11.1. The number of hydrogen-bond acceptors (Lipinski definition) is 2. The molecule has 0 aliphatic carbocycles. The van der Waals surface area contributed by atoms with Gasteiger partial charge in [0.2, 0.25) is 0 Å². The molecule has 1 aromatic rings. The van der Waals surface area contributed by atoms with Crippen LogP contribution in [-0.2, 0) is 0 Å². The lowest BCUT2D eigenvalue weighted by Crippen LogP contribution is -2.24. The third-order valence-electron chi connectivity index (χ3n) is 3.13. The molecule has 0 spiro atoms. The van der Waals surface area contributed by atoms with Crippen LogP contribution in [-0.4, -0.2) is 13.7 Å². The van der Waals surface area contributed by atoms with Crippen molar-refractivity contribution in [3.05, 3.63) is 29.6 Å². The molecule has 0 amide bonds. The second-order valence-corrected chi connectivity index (χ2v) is 4.53. The van der Waals surface area contributed by atoms with Crippen LogP contribution < -0.4 is 10.1 Å². The standard InChI is InChI=1S/C14H22FNO/c1-5-10(2)9-16-11(3)13-8-12(15)6-7-14(13)17-4/h6-8,10-11,16H,5,9H2,1-4H3. The Labute approximate surface area is 103 Å². The summed E-state index contributed by atoms with van der Waals surface area (Å²) in [7, 11) is 1.61. The molecule has 0 bridgehead atoms. The average Bonchev–Trinajstić information content (AvgIpc) is 2.35. The molecule has 0 saturated heterocycles. The molecule has 17 heavy (non-hydrogen) atoms. The van der Waals surface area contributed by atoms with Gasteiger partial charge in [-0.05, 0) is 37.6 Å². The van der Waals surface area contributed by atoms with E-state index in [1.165, 1.54) is 12.1 Å². The van der Waals surface area contributed by atoms with Crippen LogP contribution in [0.2, 0.25) is 0 Å². The van der Waals surface area contributed by atoms with Crippen LogP contribution in [0.5, 0.6) is 5.75 Å². The fraction of sp³-hybridized carbons (Fsp3) is 0.571. The highest BCUT2D eigenvalue weighted by atomic mass is 19.1. The first-order chi connectivity index (χ1) is 8.08. The Hall–Kier alpha value is -1.09. The Morgan fingerprint density at radius 3 is 2.65 bits per heavy atom. The Morgan fingerprint density at radius 2 is 2.06 bits per heavy atom. The fourth-order valence-electron chi connectivity index (χ4n) is 1.68. The monoisotopic (exact) mass is 239 g/mol. The van der Waals surface area contributed by atoms with Crippen LogP contribution >= 0.6 is 0 Å². The Bertz CT molecular complexity index is 354. The van der Waals surface area contributed by atoms with Gasteiger partial charge >= 0.3 is 0 Å². The van der Waals surface area contributed by atoms with E-state index in [2.05, 4.69) is 19.2 Å². The predicted molar refractivity (Wildman–Crippen MR) is 68.8 cm³/mol. The van der Waals surface area contributed by atoms with Gasteiger partial charge in [-0.25, -0.2) is 4.39 Å². The zero-order valence-corrected chi connectivity index (χ0v) is 11.1. The fourth-order valence-corrected chi connectivity index (χ4v) is 1.68. The number of methoxy groups -OCH3 is 1. The van der Waals surface area contributed by atoms with E-state index in [0.29, 0.717) is 5.92 Å². The van der Waals surface area contributed by atoms with E-state index >= 15 is 0 Å². The van der Waals surface area contributed by atoms with Crippen molar-refractivity contribution in [1.29, 1.82) is 0 Å². The number of halogens is 1. The lowest BCUT2D eigenvalue weighted by atomic mass is 10.0. The summed E-state index contributed by atoms with van der Waals surface area (Å²) >= 11 is 0. The molecule has 2 nitrogen and oxygen atoms in total. The van der Waals surface area contributed by atoms with Gasteiger partial charge in [0.1, 0.15) is 11.6 Å². The molecule has 1 N–H and O–H groups in total. The number of benzene rings is 1. The molecule has 96 valence electrons. The highest BCUT2D eigenvalue weighted by Gasteiger charge is 2.12. The molecule has 0 heterocycles. The van der Waals surface area contributed by atoms with Crippen molar-refractivity contribution in [2.75, 3.05) is 13.7 Å². The van der Waals surface area contributed by atoms with Gasteiger partial charge in [-0.1, -0.05) is 20.3 Å². The predicted octanol–water partition coefficient (Wildman–Crippen LogP) is 3.53. The van der Waals surface area contributed by atoms with Gasteiger partial charge in [-0.3, -0.25) is 0 Å². The van der Waals surface area contributed by atoms with Crippen molar-refractivity contribution in [2.24, 2.45) is 5.92 Å². The number of ether oxygens (including phenoxy) is 1. The van der Waals surface area contributed by atoms with E-state index in [4.69, 9.17) is 4.74 Å². The van der Waals surface area contributed by atoms with Gasteiger partial charge in [0, 0.05) is 11.6 Å². The topological polar surface area (TPSA) is 21.3 Å².